The summed E-state index contributed by atoms with van der Waals surface area (Å²) < 4.78 is 0. The molecule has 0 radical (unpaired) electrons. The van der Waals surface area contributed by atoms with E-state index in [2.05, 4.69) is 49.3 Å². The number of likely N-dealkylation sites (N-methyl/N-ethyl adjacent to an activating group) is 1. The van der Waals surface area contributed by atoms with E-state index >= 15 is 0 Å². The highest BCUT2D eigenvalue weighted by Gasteiger charge is 2.15. The number of fused-ring (bicyclic) bond motifs is 1. The smallest absolute Gasteiger partial charge is 0.0397 e. The summed E-state index contributed by atoms with van der Waals surface area (Å²) in [6.07, 6.45) is 7.73. The molecule has 2 nitrogen and oxygen atoms in total. The summed E-state index contributed by atoms with van der Waals surface area (Å²) in [5.41, 5.74) is 4.38. The van der Waals surface area contributed by atoms with Crippen molar-refractivity contribution in [3.63, 3.8) is 0 Å². The third-order valence-corrected chi connectivity index (χ3v) is 4.41. The summed E-state index contributed by atoms with van der Waals surface area (Å²) >= 11 is 0. The van der Waals surface area contributed by atoms with Crippen LogP contribution in [0.3, 0.4) is 0 Å². The molecular formula is C18H30N2. The standard InChI is InChI=1S/C18H30N2/c1-4-6-8-17(7-5-2)19-14-15-9-10-18-16(13-15)11-12-20(18)3/h9-10,13,17,19H,4-8,11-12,14H2,1-3H3. The molecule has 0 saturated heterocycles. The Morgan fingerprint density at radius 2 is 2.05 bits per heavy atom. The molecule has 0 aliphatic carbocycles. The van der Waals surface area contributed by atoms with Crippen LogP contribution in [0.25, 0.3) is 0 Å². The molecule has 1 atom stereocenters. The fourth-order valence-electron chi connectivity index (χ4n) is 3.14. The van der Waals surface area contributed by atoms with Gasteiger partial charge in [0, 0.05) is 31.9 Å². The van der Waals surface area contributed by atoms with E-state index in [1.165, 1.54) is 61.9 Å². The average molecular weight is 274 g/mol. The SMILES string of the molecule is CCCCC(CCC)NCc1ccc2c(c1)CCN2C. The molecule has 1 aromatic rings. The zero-order valence-electron chi connectivity index (χ0n) is 13.4. The van der Waals surface area contributed by atoms with Crippen molar-refractivity contribution in [2.45, 2.75) is 65.0 Å². The topological polar surface area (TPSA) is 15.3 Å². The molecular weight excluding hydrogens is 244 g/mol. The third kappa shape index (κ3) is 3.99. The van der Waals surface area contributed by atoms with Gasteiger partial charge in [-0.3, -0.25) is 0 Å². The van der Waals surface area contributed by atoms with Gasteiger partial charge < -0.3 is 10.2 Å². The lowest BCUT2D eigenvalue weighted by Crippen LogP contribution is -2.28. The van der Waals surface area contributed by atoms with Crippen LogP contribution in [0.4, 0.5) is 5.69 Å². The van der Waals surface area contributed by atoms with E-state index in [0.717, 1.165) is 6.54 Å². The maximum Gasteiger partial charge on any atom is 0.0397 e. The molecule has 0 aromatic heterocycles. The van der Waals surface area contributed by atoms with Crippen LogP contribution in [0.1, 0.15) is 57.1 Å². The second-order valence-corrected chi connectivity index (χ2v) is 6.14. The van der Waals surface area contributed by atoms with Gasteiger partial charge in [0.15, 0.2) is 0 Å². The molecule has 1 N–H and O–H groups in total. The number of nitrogens with zero attached hydrogens (tertiary/aromatic N) is 1. The van der Waals surface area contributed by atoms with Gasteiger partial charge in [0.25, 0.3) is 0 Å². The van der Waals surface area contributed by atoms with Gasteiger partial charge in [-0.05, 0) is 36.5 Å². The number of unbranched alkanes of at least 4 members (excludes halogenated alkanes) is 1. The van der Waals surface area contributed by atoms with Gasteiger partial charge in [-0.1, -0.05) is 45.2 Å². The quantitative estimate of drug-likeness (QED) is 0.767. The minimum atomic E-state index is 0.691. The highest BCUT2D eigenvalue weighted by atomic mass is 15.1. The van der Waals surface area contributed by atoms with Gasteiger partial charge >= 0.3 is 0 Å². The van der Waals surface area contributed by atoms with Crippen molar-refractivity contribution in [3.05, 3.63) is 29.3 Å². The fraction of sp³-hybridized carbons (Fsp3) is 0.667. The second-order valence-electron chi connectivity index (χ2n) is 6.14. The predicted molar refractivity (Wildman–Crippen MR) is 88.5 cm³/mol. The Bertz CT molecular complexity index is 414. The molecule has 2 rings (SSSR count). The van der Waals surface area contributed by atoms with Crippen LogP contribution in [0, 0.1) is 0 Å². The van der Waals surface area contributed by atoms with Gasteiger partial charge in [0.05, 0.1) is 0 Å². The van der Waals surface area contributed by atoms with Crippen molar-refractivity contribution in [2.24, 2.45) is 0 Å². The number of benzene rings is 1. The molecule has 1 heterocycles. The number of hydrogen-bond donors (Lipinski definition) is 1. The van der Waals surface area contributed by atoms with Crippen molar-refractivity contribution < 1.29 is 0 Å². The summed E-state index contributed by atoms with van der Waals surface area (Å²) in [6, 6.07) is 7.67. The fourth-order valence-corrected chi connectivity index (χ4v) is 3.14. The number of nitrogens with one attached hydrogen (secondary N) is 1. The molecule has 1 unspecified atom stereocenters. The lowest BCUT2D eigenvalue weighted by atomic mass is 10.0. The van der Waals surface area contributed by atoms with Gasteiger partial charge in [-0.15, -0.1) is 0 Å². The first-order chi connectivity index (χ1) is 9.74. The third-order valence-electron chi connectivity index (χ3n) is 4.41. The van der Waals surface area contributed by atoms with Crippen LogP contribution < -0.4 is 10.2 Å². The molecule has 20 heavy (non-hydrogen) atoms. The van der Waals surface area contributed by atoms with E-state index in [4.69, 9.17) is 0 Å². The van der Waals surface area contributed by atoms with Crippen molar-refractivity contribution in [1.82, 2.24) is 5.32 Å². The summed E-state index contributed by atoms with van der Waals surface area (Å²) in [5, 5.41) is 3.76. The van der Waals surface area contributed by atoms with Crippen LogP contribution in [0.15, 0.2) is 18.2 Å². The van der Waals surface area contributed by atoms with Crippen molar-refractivity contribution in [1.29, 1.82) is 0 Å². The van der Waals surface area contributed by atoms with E-state index in [0.29, 0.717) is 6.04 Å². The monoisotopic (exact) mass is 274 g/mol. The first kappa shape index (κ1) is 15.4. The molecule has 1 aromatic carbocycles. The van der Waals surface area contributed by atoms with E-state index in [-0.39, 0.29) is 0 Å². The number of rotatable bonds is 8. The number of anilines is 1. The summed E-state index contributed by atoms with van der Waals surface area (Å²) in [6.45, 7) is 6.75. The van der Waals surface area contributed by atoms with Crippen LogP contribution in [0.2, 0.25) is 0 Å². The zero-order chi connectivity index (χ0) is 14.4. The summed E-state index contributed by atoms with van der Waals surface area (Å²) in [7, 11) is 2.19. The Morgan fingerprint density at radius 1 is 1.20 bits per heavy atom. The highest BCUT2D eigenvalue weighted by molar-refractivity contribution is 5.58. The maximum absolute atomic E-state index is 3.76. The Balaban J connectivity index is 1.89. The minimum Gasteiger partial charge on any atom is -0.374 e. The molecule has 0 spiro atoms. The Labute approximate surface area is 124 Å². The molecule has 0 amide bonds. The van der Waals surface area contributed by atoms with E-state index in [9.17, 15) is 0 Å². The average Bonchev–Trinajstić information content (AvgIpc) is 2.83. The second kappa shape index (κ2) is 7.68. The molecule has 0 saturated carbocycles. The van der Waals surface area contributed by atoms with Crippen LogP contribution in [-0.2, 0) is 13.0 Å². The molecule has 2 heteroatoms. The summed E-state index contributed by atoms with van der Waals surface area (Å²) in [4.78, 5) is 2.35. The molecule has 1 aliphatic heterocycles. The van der Waals surface area contributed by atoms with E-state index in [1.807, 2.05) is 0 Å². The molecule has 0 fully saturated rings. The van der Waals surface area contributed by atoms with Crippen molar-refractivity contribution in [2.75, 3.05) is 18.5 Å². The molecule has 112 valence electrons. The lowest BCUT2D eigenvalue weighted by molar-refractivity contribution is 0.434. The molecule has 1 aliphatic rings. The predicted octanol–water partition coefficient (Wildman–Crippen LogP) is 4.13. The van der Waals surface area contributed by atoms with Gasteiger partial charge in [0.2, 0.25) is 0 Å². The summed E-state index contributed by atoms with van der Waals surface area (Å²) in [5.74, 6) is 0. The Morgan fingerprint density at radius 3 is 2.80 bits per heavy atom. The molecule has 0 bridgehead atoms. The van der Waals surface area contributed by atoms with Crippen molar-refractivity contribution in [3.8, 4) is 0 Å². The van der Waals surface area contributed by atoms with Crippen LogP contribution in [-0.4, -0.2) is 19.6 Å². The minimum absolute atomic E-state index is 0.691. The van der Waals surface area contributed by atoms with Gasteiger partial charge in [-0.2, -0.15) is 0 Å². The first-order valence-electron chi connectivity index (χ1n) is 8.31. The zero-order valence-corrected chi connectivity index (χ0v) is 13.4. The Hall–Kier alpha value is -1.02. The first-order valence-corrected chi connectivity index (χ1v) is 8.31. The van der Waals surface area contributed by atoms with Gasteiger partial charge in [0.1, 0.15) is 0 Å². The largest absolute Gasteiger partial charge is 0.374 e. The van der Waals surface area contributed by atoms with Crippen LogP contribution in [0.5, 0.6) is 0 Å². The van der Waals surface area contributed by atoms with E-state index < -0.39 is 0 Å². The highest BCUT2D eigenvalue weighted by Crippen LogP contribution is 2.27. The van der Waals surface area contributed by atoms with Crippen LogP contribution >= 0.6 is 0 Å². The number of hydrogen-bond acceptors (Lipinski definition) is 2. The normalized spacial score (nSPS) is 15.4. The van der Waals surface area contributed by atoms with E-state index in [1.54, 1.807) is 0 Å². The van der Waals surface area contributed by atoms with Crippen molar-refractivity contribution >= 4 is 5.69 Å². The maximum atomic E-state index is 3.76. The van der Waals surface area contributed by atoms with Gasteiger partial charge in [-0.25, -0.2) is 0 Å². The Kier molecular flexibility index (Phi) is 5.90. The lowest BCUT2D eigenvalue weighted by Gasteiger charge is -2.18.